The molecule has 1 N–H and O–H groups in total. The van der Waals surface area contributed by atoms with Crippen molar-refractivity contribution in [1.82, 2.24) is 19.9 Å². The molecule has 4 aromatic heterocycles. The van der Waals surface area contributed by atoms with Gasteiger partial charge < -0.3 is 10.1 Å². The van der Waals surface area contributed by atoms with Crippen LogP contribution in [0.25, 0.3) is 32.0 Å². The van der Waals surface area contributed by atoms with Gasteiger partial charge >= 0.3 is 0 Å². The third-order valence-corrected chi connectivity index (χ3v) is 7.17. The summed E-state index contributed by atoms with van der Waals surface area (Å²) in [5.41, 5.74) is 3.70. The van der Waals surface area contributed by atoms with Gasteiger partial charge in [0.05, 0.1) is 26.3 Å². The summed E-state index contributed by atoms with van der Waals surface area (Å²) in [5.74, 6) is 2.53. The third kappa shape index (κ3) is 3.50. The van der Waals surface area contributed by atoms with Crippen LogP contribution in [0.1, 0.15) is 23.8 Å². The van der Waals surface area contributed by atoms with Gasteiger partial charge in [-0.25, -0.2) is 4.98 Å². The predicted molar refractivity (Wildman–Crippen MR) is 136 cm³/mol. The zero-order valence-electron chi connectivity index (χ0n) is 18.1. The summed E-state index contributed by atoms with van der Waals surface area (Å²) in [6.45, 7) is 0. The number of anilines is 2. The Hall–Kier alpha value is -4.10. The maximum Gasteiger partial charge on any atom is 0.223 e. The number of fused-ring (bicyclic) bond motifs is 3. The van der Waals surface area contributed by atoms with Gasteiger partial charge in [-0.15, -0.1) is 11.3 Å². The van der Waals surface area contributed by atoms with Crippen LogP contribution in [0.15, 0.2) is 79.1 Å². The molecule has 0 amide bonds. The zero-order chi connectivity index (χ0) is 22.5. The average molecular weight is 462 g/mol. The van der Waals surface area contributed by atoms with Crippen LogP contribution in [0.4, 0.5) is 11.5 Å². The summed E-state index contributed by atoms with van der Waals surface area (Å²) in [4.78, 5) is 18.6. The highest BCUT2D eigenvalue weighted by Gasteiger charge is 2.27. The number of rotatable bonds is 5. The minimum absolute atomic E-state index is 0.472. The molecule has 1 aliphatic rings. The van der Waals surface area contributed by atoms with Gasteiger partial charge in [-0.2, -0.15) is 4.98 Å². The first-order chi connectivity index (χ1) is 16.8. The Bertz CT molecular complexity index is 1690. The summed E-state index contributed by atoms with van der Waals surface area (Å²) >= 11 is 1.79. The second-order valence-corrected chi connectivity index (χ2v) is 9.50. The van der Waals surface area contributed by atoms with E-state index in [0.717, 1.165) is 33.0 Å². The van der Waals surface area contributed by atoms with Gasteiger partial charge in [0, 0.05) is 40.8 Å². The Morgan fingerprint density at radius 1 is 0.794 bits per heavy atom. The van der Waals surface area contributed by atoms with Gasteiger partial charge in [-0.3, -0.25) is 9.97 Å². The number of para-hydroxylation sites is 1. The average Bonchev–Trinajstić information content (AvgIpc) is 3.63. The van der Waals surface area contributed by atoms with E-state index in [1.165, 1.54) is 22.5 Å². The van der Waals surface area contributed by atoms with E-state index in [1.807, 2.05) is 54.6 Å². The number of aromatic nitrogens is 4. The molecule has 1 aliphatic carbocycles. The molecule has 34 heavy (non-hydrogen) atoms. The van der Waals surface area contributed by atoms with Gasteiger partial charge in [0.15, 0.2) is 0 Å². The molecule has 7 rings (SSSR count). The molecule has 0 atom stereocenters. The summed E-state index contributed by atoms with van der Waals surface area (Å²) < 4.78 is 7.43. The Morgan fingerprint density at radius 2 is 1.68 bits per heavy atom. The first-order valence-electron chi connectivity index (χ1n) is 11.2. The highest BCUT2D eigenvalue weighted by atomic mass is 32.1. The first-order valence-corrected chi connectivity index (χ1v) is 12.1. The van der Waals surface area contributed by atoms with Crippen LogP contribution in [0.3, 0.4) is 0 Å². The molecular formula is C27H19N5OS. The Morgan fingerprint density at radius 3 is 2.62 bits per heavy atom. The van der Waals surface area contributed by atoms with Crippen LogP contribution < -0.4 is 10.1 Å². The van der Waals surface area contributed by atoms with Crippen LogP contribution in [0.5, 0.6) is 11.6 Å². The topological polar surface area (TPSA) is 72.8 Å². The van der Waals surface area contributed by atoms with Crippen molar-refractivity contribution in [3.8, 4) is 11.6 Å². The summed E-state index contributed by atoms with van der Waals surface area (Å²) in [7, 11) is 0. The normalized spacial score (nSPS) is 13.5. The second-order valence-electron chi connectivity index (χ2n) is 8.44. The van der Waals surface area contributed by atoms with Crippen LogP contribution in [-0.2, 0) is 0 Å². The van der Waals surface area contributed by atoms with Gasteiger partial charge in [0.1, 0.15) is 11.6 Å². The number of benzene rings is 2. The van der Waals surface area contributed by atoms with Crippen molar-refractivity contribution in [1.29, 1.82) is 0 Å². The molecule has 0 radical (unpaired) electrons. The maximum absolute atomic E-state index is 6.25. The van der Waals surface area contributed by atoms with Gasteiger partial charge in [-0.1, -0.05) is 12.1 Å². The van der Waals surface area contributed by atoms with Crippen molar-refractivity contribution in [3.63, 3.8) is 0 Å². The quantitative estimate of drug-likeness (QED) is 0.293. The molecule has 2 aromatic carbocycles. The Kier molecular flexibility index (Phi) is 4.41. The van der Waals surface area contributed by atoms with Gasteiger partial charge in [0.2, 0.25) is 5.88 Å². The fourth-order valence-corrected chi connectivity index (χ4v) is 5.31. The second kappa shape index (κ2) is 7.74. The van der Waals surface area contributed by atoms with Crippen molar-refractivity contribution in [3.05, 3.63) is 84.1 Å². The van der Waals surface area contributed by atoms with E-state index in [-0.39, 0.29) is 0 Å². The van der Waals surface area contributed by atoms with Crippen LogP contribution in [0, 0.1) is 0 Å². The molecule has 1 fully saturated rings. The predicted octanol–water partition coefficient (Wildman–Crippen LogP) is 7.20. The summed E-state index contributed by atoms with van der Waals surface area (Å²) in [6, 6.07) is 21.8. The molecule has 4 heterocycles. The molecule has 6 aromatic rings. The minimum Gasteiger partial charge on any atom is -0.438 e. The summed E-state index contributed by atoms with van der Waals surface area (Å²) in [5, 5.41) is 6.60. The lowest BCUT2D eigenvalue weighted by molar-refractivity contribution is 0.469. The van der Waals surface area contributed by atoms with E-state index < -0.39 is 0 Å². The molecule has 0 spiro atoms. The summed E-state index contributed by atoms with van der Waals surface area (Å²) in [6.07, 6.45) is 6.04. The number of nitrogens with zero attached hydrogens (tertiary/aromatic N) is 4. The minimum atomic E-state index is 0.472. The molecule has 0 bridgehead atoms. The number of hydrogen-bond donors (Lipinski definition) is 1. The largest absolute Gasteiger partial charge is 0.438 e. The molecule has 6 nitrogen and oxygen atoms in total. The molecule has 0 saturated heterocycles. The van der Waals surface area contributed by atoms with E-state index in [1.54, 1.807) is 23.7 Å². The van der Waals surface area contributed by atoms with Crippen LogP contribution in [-0.4, -0.2) is 19.9 Å². The zero-order valence-corrected chi connectivity index (χ0v) is 18.9. The van der Waals surface area contributed by atoms with Crippen LogP contribution in [0.2, 0.25) is 0 Å². The Balaban J connectivity index is 1.28. The highest BCUT2D eigenvalue weighted by molar-refractivity contribution is 7.18. The number of pyridine rings is 3. The SMILES string of the molecule is c1ccc2c(Oc3cc4ncccc4c(Nc4ccc5nc(C6CC6)sc5c4)n3)ccnc2c1. The van der Waals surface area contributed by atoms with Crippen molar-refractivity contribution in [2.75, 3.05) is 5.32 Å². The lowest BCUT2D eigenvalue weighted by Crippen LogP contribution is -1.98. The van der Waals surface area contributed by atoms with Crippen LogP contribution >= 0.6 is 11.3 Å². The molecule has 0 unspecified atom stereocenters. The number of nitrogens with one attached hydrogen (secondary N) is 1. The van der Waals surface area contributed by atoms with E-state index in [9.17, 15) is 0 Å². The lowest BCUT2D eigenvalue weighted by Gasteiger charge is -2.12. The Labute approximate surface area is 199 Å². The van der Waals surface area contributed by atoms with E-state index in [4.69, 9.17) is 14.7 Å². The first kappa shape index (κ1) is 19.4. The van der Waals surface area contributed by atoms with E-state index in [0.29, 0.717) is 23.4 Å². The van der Waals surface area contributed by atoms with Crippen molar-refractivity contribution in [2.24, 2.45) is 0 Å². The highest BCUT2D eigenvalue weighted by Crippen LogP contribution is 2.43. The van der Waals surface area contributed by atoms with E-state index in [2.05, 4.69) is 27.4 Å². The molecule has 1 saturated carbocycles. The fourth-order valence-electron chi connectivity index (χ4n) is 4.13. The fraction of sp³-hybridized carbons (Fsp3) is 0.111. The molecular weight excluding hydrogens is 442 g/mol. The van der Waals surface area contributed by atoms with Gasteiger partial charge in [-0.05, 0) is 61.4 Å². The number of hydrogen-bond acceptors (Lipinski definition) is 7. The molecule has 7 heteroatoms. The number of thiazole rings is 1. The van der Waals surface area contributed by atoms with Gasteiger partial charge in [0.25, 0.3) is 0 Å². The van der Waals surface area contributed by atoms with E-state index >= 15 is 0 Å². The monoisotopic (exact) mass is 461 g/mol. The third-order valence-electron chi connectivity index (χ3n) is 5.99. The standard InChI is InChI=1S/C27H19N5OS/c1-2-6-20-18(4-1)23(11-13-29-20)33-25-15-22-19(5-3-12-28-22)26(32-25)30-17-9-10-21-24(14-17)34-27(31-21)16-7-8-16/h1-6,9-16H,7-8H2,(H,30,32). The smallest absolute Gasteiger partial charge is 0.223 e. The molecule has 164 valence electrons. The van der Waals surface area contributed by atoms with Crippen molar-refractivity contribution < 1.29 is 4.74 Å². The molecule has 0 aliphatic heterocycles. The number of ether oxygens (including phenoxy) is 1. The van der Waals surface area contributed by atoms with Crippen molar-refractivity contribution >= 4 is 54.9 Å². The van der Waals surface area contributed by atoms with Crippen molar-refractivity contribution in [2.45, 2.75) is 18.8 Å². The lowest BCUT2D eigenvalue weighted by atomic mass is 10.2. The maximum atomic E-state index is 6.25.